The minimum Gasteiger partial charge on any atom is -0.377 e. The van der Waals surface area contributed by atoms with Crippen LogP contribution in [-0.2, 0) is 14.8 Å². The Morgan fingerprint density at radius 2 is 2.00 bits per heavy atom. The van der Waals surface area contributed by atoms with Crippen molar-refractivity contribution in [2.75, 3.05) is 32.0 Å². The van der Waals surface area contributed by atoms with E-state index in [1.165, 1.54) is 0 Å². The van der Waals surface area contributed by atoms with Gasteiger partial charge in [-0.2, -0.15) is 0 Å². The van der Waals surface area contributed by atoms with Crippen LogP contribution in [0.5, 0.6) is 0 Å². The number of hydrogen-bond acceptors (Lipinski definition) is 4. The zero-order chi connectivity index (χ0) is 12.7. The van der Waals surface area contributed by atoms with Gasteiger partial charge in [0.25, 0.3) is 0 Å². The summed E-state index contributed by atoms with van der Waals surface area (Å²) in [4.78, 5) is 0. The minimum absolute atomic E-state index is 0.143. The highest BCUT2D eigenvalue weighted by Crippen LogP contribution is 2.13. The molecule has 1 aliphatic heterocycles. The van der Waals surface area contributed by atoms with E-state index in [0.717, 1.165) is 25.9 Å². The summed E-state index contributed by atoms with van der Waals surface area (Å²) in [5.74, 6) is 0.538. The first-order chi connectivity index (χ1) is 7.99. The van der Waals surface area contributed by atoms with Crippen LogP contribution in [0.15, 0.2) is 0 Å². The zero-order valence-electron chi connectivity index (χ0n) is 10.7. The van der Waals surface area contributed by atoms with Crippen molar-refractivity contribution in [2.24, 2.45) is 5.92 Å². The summed E-state index contributed by atoms with van der Waals surface area (Å²) in [6.07, 6.45) is 2.04. The first kappa shape index (κ1) is 14.9. The lowest BCUT2D eigenvalue weighted by Gasteiger charge is -2.22. The van der Waals surface area contributed by atoms with Crippen LogP contribution in [0.3, 0.4) is 0 Å². The van der Waals surface area contributed by atoms with Crippen molar-refractivity contribution in [1.82, 2.24) is 10.0 Å². The first-order valence-corrected chi connectivity index (χ1v) is 7.94. The maximum Gasteiger partial charge on any atom is 0.211 e. The molecule has 0 atom stereocenters. The number of piperidine rings is 1. The van der Waals surface area contributed by atoms with Crippen molar-refractivity contribution in [1.29, 1.82) is 0 Å². The number of hydrogen-bond donors (Lipinski definition) is 2. The Morgan fingerprint density at radius 1 is 1.35 bits per heavy atom. The summed E-state index contributed by atoms with van der Waals surface area (Å²) in [6.45, 7) is 6.52. The van der Waals surface area contributed by atoms with Crippen LogP contribution in [0.25, 0.3) is 0 Å². The lowest BCUT2D eigenvalue weighted by molar-refractivity contribution is 0.0833. The highest BCUT2D eigenvalue weighted by atomic mass is 32.2. The quantitative estimate of drug-likeness (QED) is 0.650. The molecule has 1 fully saturated rings. The van der Waals surface area contributed by atoms with E-state index >= 15 is 0 Å². The van der Waals surface area contributed by atoms with Crippen molar-refractivity contribution in [3.8, 4) is 0 Å². The molecule has 1 aliphatic rings. The second kappa shape index (κ2) is 7.31. The molecule has 1 heterocycles. The Kier molecular flexibility index (Phi) is 6.40. The zero-order valence-corrected chi connectivity index (χ0v) is 11.6. The van der Waals surface area contributed by atoms with E-state index in [4.69, 9.17) is 4.74 Å². The molecule has 5 nitrogen and oxygen atoms in total. The van der Waals surface area contributed by atoms with Crippen molar-refractivity contribution in [2.45, 2.75) is 32.8 Å². The fraction of sp³-hybridized carbons (Fsp3) is 1.00. The number of nitrogens with one attached hydrogen (secondary N) is 2. The summed E-state index contributed by atoms with van der Waals surface area (Å²) in [5.41, 5.74) is 0. The minimum atomic E-state index is -3.14. The van der Waals surface area contributed by atoms with E-state index in [1.54, 1.807) is 0 Å². The molecule has 0 aromatic heterocycles. The van der Waals surface area contributed by atoms with Crippen molar-refractivity contribution >= 4 is 10.0 Å². The van der Waals surface area contributed by atoms with Gasteiger partial charge >= 0.3 is 0 Å². The Hall–Kier alpha value is -0.170. The third-order valence-electron chi connectivity index (χ3n) is 2.79. The SMILES string of the molecule is CC(C)OCCNS(=O)(=O)CC1CCNCC1. The van der Waals surface area contributed by atoms with Crippen LogP contribution in [0, 0.1) is 5.92 Å². The maximum absolute atomic E-state index is 11.8. The van der Waals surface area contributed by atoms with Gasteiger partial charge in [0.1, 0.15) is 0 Å². The Labute approximate surface area is 104 Å². The normalized spacial score (nSPS) is 18.8. The predicted molar refractivity (Wildman–Crippen MR) is 68.5 cm³/mol. The fourth-order valence-electron chi connectivity index (χ4n) is 1.91. The molecule has 0 saturated carbocycles. The van der Waals surface area contributed by atoms with Gasteiger partial charge in [-0.05, 0) is 45.7 Å². The highest BCUT2D eigenvalue weighted by molar-refractivity contribution is 7.89. The summed E-state index contributed by atoms with van der Waals surface area (Å²) in [5, 5.41) is 3.23. The number of sulfonamides is 1. The van der Waals surface area contributed by atoms with Crippen molar-refractivity contribution < 1.29 is 13.2 Å². The first-order valence-electron chi connectivity index (χ1n) is 6.29. The standard InChI is InChI=1S/C11H24N2O3S/c1-10(2)16-8-7-13-17(14,15)9-11-3-5-12-6-4-11/h10-13H,3-9H2,1-2H3. The molecule has 17 heavy (non-hydrogen) atoms. The van der Waals surface area contributed by atoms with Gasteiger partial charge in [0.2, 0.25) is 10.0 Å². The molecular formula is C11H24N2O3S. The third-order valence-corrected chi connectivity index (χ3v) is 4.34. The molecule has 1 rings (SSSR count). The third kappa shape index (κ3) is 6.98. The summed E-state index contributed by atoms with van der Waals surface area (Å²) < 4.78 is 31.4. The van der Waals surface area contributed by atoms with Crippen LogP contribution in [0.2, 0.25) is 0 Å². The molecule has 0 aliphatic carbocycles. The van der Waals surface area contributed by atoms with Gasteiger partial charge in [-0.15, -0.1) is 0 Å². The van der Waals surface area contributed by atoms with Gasteiger partial charge in [-0.1, -0.05) is 0 Å². The number of ether oxygens (including phenoxy) is 1. The van der Waals surface area contributed by atoms with Gasteiger partial charge in [0.05, 0.1) is 18.5 Å². The second-order valence-corrected chi connectivity index (χ2v) is 6.64. The van der Waals surface area contributed by atoms with E-state index in [0.29, 0.717) is 19.1 Å². The fourth-order valence-corrected chi connectivity index (χ4v) is 3.38. The van der Waals surface area contributed by atoms with Crippen LogP contribution < -0.4 is 10.0 Å². The molecule has 6 heteroatoms. The lowest BCUT2D eigenvalue weighted by Crippen LogP contribution is -2.36. The molecule has 0 aromatic rings. The Bertz CT molecular complexity index is 298. The molecule has 0 unspecified atom stereocenters. The largest absolute Gasteiger partial charge is 0.377 e. The van der Waals surface area contributed by atoms with E-state index in [1.807, 2.05) is 13.8 Å². The van der Waals surface area contributed by atoms with E-state index in [9.17, 15) is 8.42 Å². The topological polar surface area (TPSA) is 67.4 Å². The highest BCUT2D eigenvalue weighted by Gasteiger charge is 2.20. The molecule has 0 aromatic carbocycles. The van der Waals surface area contributed by atoms with Crippen LogP contribution in [0.1, 0.15) is 26.7 Å². The average Bonchev–Trinajstić information content (AvgIpc) is 2.25. The summed E-state index contributed by atoms with van der Waals surface area (Å²) >= 11 is 0. The van der Waals surface area contributed by atoms with Gasteiger partial charge in [-0.3, -0.25) is 0 Å². The summed E-state index contributed by atoms with van der Waals surface area (Å²) in [7, 11) is -3.14. The number of rotatable bonds is 7. The Morgan fingerprint density at radius 3 is 2.59 bits per heavy atom. The molecule has 0 spiro atoms. The summed E-state index contributed by atoms with van der Waals surface area (Å²) in [6, 6.07) is 0. The molecule has 0 radical (unpaired) electrons. The lowest BCUT2D eigenvalue weighted by atomic mass is 10.0. The van der Waals surface area contributed by atoms with Gasteiger partial charge < -0.3 is 10.1 Å². The molecule has 0 bridgehead atoms. The van der Waals surface area contributed by atoms with Crippen LogP contribution >= 0.6 is 0 Å². The van der Waals surface area contributed by atoms with Crippen LogP contribution in [0.4, 0.5) is 0 Å². The molecule has 0 amide bonds. The smallest absolute Gasteiger partial charge is 0.211 e. The average molecular weight is 264 g/mol. The van der Waals surface area contributed by atoms with E-state index < -0.39 is 10.0 Å². The second-order valence-electron chi connectivity index (χ2n) is 4.79. The molecule has 2 N–H and O–H groups in total. The maximum atomic E-state index is 11.8. The molecule has 1 saturated heterocycles. The van der Waals surface area contributed by atoms with Crippen molar-refractivity contribution in [3.05, 3.63) is 0 Å². The molecule has 102 valence electrons. The molecular weight excluding hydrogens is 240 g/mol. The van der Waals surface area contributed by atoms with Crippen molar-refractivity contribution in [3.63, 3.8) is 0 Å². The van der Waals surface area contributed by atoms with E-state index in [2.05, 4.69) is 10.0 Å². The monoisotopic (exact) mass is 264 g/mol. The van der Waals surface area contributed by atoms with E-state index in [-0.39, 0.29) is 11.9 Å². The van der Waals surface area contributed by atoms with Gasteiger partial charge in [0.15, 0.2) is 0 Å². The van der Waals surface area contributed by atoms with Crippen LogP contribution in [-0.4, -0.2) is 46.5 Å². The van der Waals surface area contributed by atoms with Gasteiger partial charge in [0, 0.05) is 6.54 Å². The predicted octanol–water partition coefficient (Wildman–Crippen LogP) is 0.330. The van der Waals surface area contributed by atoms with Gasteiger partial charge in [-0.25, -0.2) is 13.1 Å². The Balaban J connectivity index is 2.20.